The highest BCUT2D eigenvalue weighted by Crippen LogP contribution is 2.15. The number of carboxylic acid groups (broad SMARTS) is 1. The maximum absolute atomic E-state index is 11.1. The van der Waals surface area contributed by atoms with E-state index in [1.165, 1.54) is 0 Å². The molecule has 0 aliphatic rings. The van der Waals surface area contributed by atoms with Crippen LogP contribution in [0.4, 0.5) is 0 Å². The number of hydrogen-bond acceptors (Lipinski definition) is 3. The van der Waals surface area contributed by atoms with Crippen LogP contribution in [0.3, 0.4) is 0 Å². The van der Waals surface area contributed by atoms with Crippen molar-refractivity contribution in [3.8, 4) is 0 Å². The molecule has 19 heavy (non-hydrogen) atoms. The van der Waals surface area contributed by atoms with Gasteiger partial charge in [-0.1, -0.05) is 12.1 Å². The van der Waals surface area contributed by atoms with E-state index in [0.29, 0.717) is 12.2 Å². The Hall–Kier alpha value is -2.69. The van der Waals surface area contributed by atoms with Crippen LogP contribution in [-0.4, -0.2) is 25.6 Å². The second kappa shape index (κ2) is 4.53. The molecule has 0 radical (unpaired) electrons. The molecule has 0 spiro atoms. The van der Waals surface area contributed by atoms with E-state index < -0.39 is 5.97 Å². The molecule has 0 amide bonds. The Morgan fingerprint density at radius 3 is 2.84 bits per heavy atom. The smallest absolute Gasteiger partial charge is 0.337 e. The van der Waals surface area contributed by atoms with E-state index in [1.807, 2.05) is 28.8 Å². The molecule has 0 unspecified atom stereocenters. The minimum atomic E-state index is -0.965. The third-order valence-electron chi connectivity index (χ3n) is 2.97. The summed E-state index contributed by atoms with van der Waals surface area (Å²) in [5, 5.41) is 9.14. The number of imidazole rings is 1. The highest BCUT2D eigenvalue weighted by molar-refractivity contribution is 5.88. The number of rotatable bonds is 3. The van der Waals surface area contributed by atoms with Crippen LogP contribution < -0.4 is 0 Å². The molecule has 0 aliphatic carbocycles. The molecule has 5 heteroatoms. The van der Waals surface area contributed by atoms with Crippen LogP contribution in [0.2, 0.25) is 0 Å². The summed E-state index contributed by atoms with van der Waals surface area (Å²) >= 11 is 0. The first-order chi connectivity index (χ1) is 9.25. The molecule has 2 aromatic heterocycles. The second-order valence-electron chi connectivity index (χ2n) is 4.16. The van der Waals surface area contributed by atoms with Crippen LogP contribution in [-0.2, 0) is 6.54 Å². The van der Waals surface area contributed by atoms with Gasteiger partial charge >= 0.3 is 5.97 Å². The van der Waals surface area contributed by atoms with Crippen molar-refractivity contribution in [2.75, 3.05) is 0 Å². The normalized spacial score (nSPS) is 10.7. The molecule has 1 aromatic carbocycles. The number of hydrogen-bond donors (Lipinski definition) is 1. The first kappa shape index (κ1) is 11.4. The van der Waals surface area contributed by atoms with Crippen molar-refractivity contribution in [3.63, 3.8) is 0 Å². The fourth-order valence-corrected chi connectivity index (χ4v) is 2.06. The van der Waals surface area contributed by atoms with Gasteiger partial charge in [0.05, 0.1) is 35.2 Å². The molecule has 5 nitrogen and oxygen atoms in total. The monoisotopic (exact) mass is 253 g/mol. The summed E-state index contributed by atoms with van der Waals surface area (Å²) in [6.45, 7) is 0.392. The molecule has 0 aliphatic heterocycles. The van der Waals surface area contributed by atoms with Crippen molar-refractivity contribution in [1.82, 2.24) is 14.5 Å². The van der Waals surface area contributed by atoms with Crippen molar-refractivity contribution in [1.29, 1.82) is 0 Å². The zero-order chi connectivity index (χ0) is 13.2. The van der Waals surface area contributed by atoms with E-state index in [2.05, 4.69) is 9.97 Å². The zero-order valence-electron chi connectivity index (χ0n) is 10.0. The van der Waals surface area contributed by atoms with Crippen LogP contribution >= 0.6 is 0 Å². The lowest BCUT2D eigenvalue weighted by molar-refractivity contribution is 0.0695. The molecule has 94 valence electrons. The Bertz CT molecular complexity index is 749. The van der Waals surface area contributed by atoms with Gasteiger partial charge in [-0.3, -0.25) is 4.98 Å². The first-order valence-corrected chi connectivity index (χ1v) is 5.83. The molecule has 3 rings (SSSR count). The summed E-state index contributed by atoms with van der Waals surface area (Å²) in [5.41, 5.74) is 2.60. The molecular formula is C14H11N3O2. The summed E-state index contributed by atoms with van der Waals surface area (Å²) in [6.07, 6.45) is 3.30. The summed E-state index contributed by atoms with van der Waals surface area (Å²) in [5.74, 6) is -0.965. The lowest BCUT2D eigenvalue weighted by atomic mass is 10.2. The number of carboxylic acids is 1. The second-order valence-corrected chi connectivity index (χ2v) is 4.16. The molecule has 2 heterocycles. The van der Waals surface area contributed by atoms with Gasteiger partial charge in [-0.15, -0.1) is 0 Å². The average molecular weight is 253 g/mol. The third-order valence-corrected chi connectivity index (χ3v) is 2.97. The number of benzene rings is 1. The minimum absolute atomic E-state index is 0.222. The Labute approximate surface area is 109 Å². The van der Waals surface area contributed by atoms with Crippen molar-refractivity contribution >= 4 is 17.0 Å². The van der Waals surface area contributed by atoms with E-state index in [9.17, 15) is 4.79 Å². The highest BCUT2D eigenvalue weighted by atomic mass is 16.4. The summed E-state index contributed by atoms with van der Waals surface area (Å²) in [6, 6.07) is 10.9. The van der Waals surface area contributed by atoms with Gasteiger partial charge in [-0.25, -0.2) is 9.78 Å². The first-order valence-electron chi connectivity index (χ1n) is 5.83. The molecule has 0 saturated carbocycles. The standard InChI is InChI=1S/C14H11N3O2/c18-14(19)10-4-3-7-15-12(10)8-17-9-16-11-5-1-2-6-13(11)17/h1-7,9H,8H2,(H,18,19). The predicted molar refractivity (Wildman–Crippen MR) is 70.0 cm³/mol. The SMILES string of the molecule is O=C(O)c1cccnc1Cn1cnc2ccccc21. The molecule has 0 bridgehead atoms. The lowest BCUT2D eigenvalue weighted by Gasteiger charge is -2.06. The number of pyridine rings is 1. The van der Waals surface area contributed by atoms with Gasteiger partial charge in [0.25, 0.3) is 0 Å². The Kier molecular flexibility index (Phi) is 2.72. The maximum atomic E-state index is 11.1. The summed E-state index contributed by atoms with van der Waals surface area (Å²) in [4.78, 5) is 19.6. The van der Waals surface area contributed by atoms with Crippen LogP contribution in [0, 0.1) is 0 Å². The number of para-hydroxylation sites is 2. The number of carbonyl (C=O) groups is 1. The van der Waals surface area contributed by atoms with Gasteiger partial charge in [0.2, 0.25) is 0 Å². The van der Waals surface area contributed by atoms with E-state index >= 15 is 0 Å². The Morgan fingerprint density at radius 1 is 1.16 bits per heavy atom. The van der Waals surface area contributed by atoms with Gasteiger partial charge in [-0.05, 0) is 24.3 Å². The largest absolute Gasteiger partial charge is 0.478 e. The van der Waals surface area contributed by atoms with Gasteiger partial charge in [0, 0.05) is 6.20 Å². The number of aromatic carboxylic acids is 1. The van der Waals surface area contributed by atoms with E-state index in [4.69, 9.17) is 5.11 Å². The van der Waals surface area contributed by atoms with Gasteiger partial charge in [-0.2, -0.15) is 0 Å². The molecule has 0 atom stereocenters. The predicted octanol–water partition coefficient (Wildman–Crippen LogP) is 2.18. The van der Waals surface area contributed by atoms with Gasteiger partial charge in [0.1, 0.15) is 0 Å². The van der Waals surface area contributed by atoms with E-state index in [1.54, 1.807) is 24.7 Å². The highest BCUT2D eigenvalue weighted by Gasteiger charge is 2.12. The Morgan fingerprint density at radius 2 is 2.00 bits per heavy atom. The average Bonchev–Trinajstić information content (AvgIpc) is 2.83. The molecule has 0 fully saturated rings. The molecule has 0 saturated heterocycles. The fourth-order valence-electron chi connectivity index (χ4n) is 2.06. The van der Waals surface area contributed by atoms with Gasteiger partial charge in [0.15, 0.2) is 0 Å². The van der Waals surface area contributed by atoms with E-state index in [-0.39, 0.29) is 5.56 Å². The Balaban J connectivity index is 2.04. The maximum Gasteiger partial charge on any atom is 0.337 e. The van der Waals surface area contributed by atoms with Crippen molar-refractivity contribution < 1.29 is 9.90 Å². The zero-order valence-corrected chi connectivity index (χ0v) is 10.0. The van der Waals surface area contributed by atoms with Crippen LogP contribution in [0.25, 0.3) is 11.0 Å². The summed E-state index contributed by atoms with van der Waals surface area (Å²) in [7, 11) is 0. The van der Waals surface area contributed by atoms with Crippen LogP contribution in [0.15, 0.2) is 48.9 Å². The van der Waals surface area contributed by atoms with Crippen molar-refractivity contribution in [2.45, 2.75) is 6.54 Å². The van der Waals surface area contributed by atoms with Crippen LogP contribution in [0.5, 0.6) is 0 Å². The number of nitrogens with zero attached hydrogens (tertiary/aromatic N) is 3. The van der Waals surface area contributed by atoms with Crippen molar-refractivity contribution in [2.24, 2.45) is 0 Å². The lowest BCUT2D eigenvalue weighted by Crippen LogP contribution is -2.08. The minimum Gasteiger partial charge on any atom is -0.478 e. The molecule has 1 N–H and O–H groups in total. The van der Waals surface area contributed by atoms with Crippen molar-refractivity contribution in [3.05, 3.63) is 60.2 Å². The molecular weight excluding hydrogens is 242 g/mol. The number of fused-ring (bicyclic) bond motifs is 1. The van der Waals surface area contributed by atoms with E-state index in [0.717, 1.165) is 11.0 Å². The quantitative estimate of drug-likeness (QED) is 0.776. The molecule has 3 aromatic rings. The van der Waals surface area contributed by atoms with Crippen LogP contribution in [0.1, 0.15) is 16.1 Å². The third kappa shape index (κ3) is 2.06. The van der Waals surface area contributed by atoms with Gasteiger partial charge < -0.3 is 9.67 Å². The summed E-state index contributed by atoms with van der Waals surface area (Å²) < 4.78 is 1.89. The fraction of sp³-hybridized carbons (Fsp3) is 0.0714. The topological polar surface area (TPSA) is 68.0 Å². The number of aromatic nitrogens is 3.